The molecule has 9 heteroatoms. The van der Waals surface area contributed by atoms with Gasteiger partial charge in [0.1, 0.15) is 0 Å². The minimum atomic E-state index is -4.56. The van der Waals surface area contributed by atoms with Gasteiger partial charge in [-0.3, -0.25) is 0 Å². The Morgan fingerprint density at radius 1 is 1.29 bits per heavy atom. The highest BCUT2D eigenvalue weighted by molar-refractivity contribution is 7.88. The van der Waals surface area contributed by atoms with Crippen LogP contribution in [0, 0.1) is 0 Å². The molecule has 1 aliphatic rings. The van der Waals surface area contributed by atoms with E-state index in [1.54, 1.807) is 0 Å². The van der Waals surface area contributed by atoms with Crippen molar-refractivity contribution in [1.29, 1.82) is 0 Å². The molecular weight excluding hydrogens is 329 g/mol. The maximum absolute atomic E-state index is 12.8. The Morgan fingerprint density at radius 3 is 2.43 bits per heavy atom. The summed E-state index contributed by atoms with van der Waals surface area (Å²) in [5, 5.41) is 0. The highest BCUT2D eigenvalue weighted by Gasteiger charge is 2.36. The van der Waals surface area contributed by atoms with Crippen molar-refractivity contribution < 1.29 is 21.6 Å². The Balaban J connectivity index is 0.00000220. The standard InChI is InChI=1S/C12H15F3N2O2S.ClH/c13-12(14,15)11-4-2-1-3-9(11)8-20(18,19)17-6-5-10(16)7-17;/h1-4,10H,5-8,16H2;1H/t10-;/m0./s1. The van der Waals surface area contributed by atoms with Gasteiger partial charge in [-0.15, -0.1) is 12.4 Å². The zero-order valence-corrected chi connectivity index (χ0v) is 12.6. The van der Waals surface area contributed by atoms with E-state index in [2.05, 4.69) is 0 Å². The third kappa shape index (κ3) is 4.32. The Labute approximate surface area is 127 Å². The Bertz CT molecular complexity index is 592. The maximum atomic E-state index is 12.8. The molecule has 2 rings (SSSR count). The van der Waals surface area contributed by atoms with Crippen molar-refractivity contribution in [2.75, 3.05) is 13.1 Å². The van der Waals surface area contributed by atoms with Gasteiger partial charge in [0, 0.05) is 19.1 Å². The second kappa shape index (κ2) is 6.51. The predicted molar refractivity (Wildman–Crippen MR) is 75.5 cm³/mol. The minimum Gasteiger partial charge on any atom is -0.326 e. The monoisotopic (exact) mass is 344 g/mol. The van der Waals surface area contributed by atoms with Gasteiger partial charge in [-0.25, -0.2) is 12.7 Å². The topological polar surface area (TPSA) is 63.4 Å². The van der Waals surface area contributed by atoms with Crippen molar-refractivity contribution in [3.63, 3.8) is 0 Å². The van der Waals surface area contributed by atoms with E-state index in [1.165, 1.54) is 18.2 Å². The lowest BCUT2D eigenvalue weighted by atomic mass is 10.1. The van der Waals surface area contributed by atoms with Gasteiger partial charge in [0.2, 0.25) is 10.0 Å². The Kier molecular flexibility index (Phi) is 5.65. The third-order valence-electron chi connectivity index (χ3n) is 3.24. The van der Waals surface area contributed by atoms with Gasteiger partial charge < -0.3 is 5.73 Å². The molecule has 0 aromatic heterocycles. The molecule has 0 unspecified atom stereocenters. The molecule has 0 spiro atoms. The lowest BCUT2D eigenvalue weighted by Gasteiger charge is -2.18. The van der Waals surface area contributed by atoms with Gasteiger partial charge in [0.15, 0.2) is 0 Å². The number of benzene rings is 1. The van der Waals surface area contributed by atoms with Crippen LogP contribution in [0.2, 0.25) is 0 Å². The van der Waals surface area contributed by atoms with E-state index in [9.17, 15) is 21.6 Å². The Morgan fingerprint density at radius 2 is 1.90 bits per heavy atom. The number of nitrogens with zero attached hydrogens (tertiary/aromatic N) is 1. The minimum absolute atomic E-state index is 0. The van der Waals surface area contributed by atoms with E-state index in [0.29, 0.717) is 6.42 Å². The quantitative estimate of drug-likeness (QED) is 0.912. The fourth-order valence-electron chi connectivity index (χ4n) is 2.22. The molecule has 1 atom stereocenters. The lowest BCUT2D eigenvalue weighted by molar-refractivity contribution is -0.138. The van der Waals surface area contributed by atoms with Crippen molar-refractivity contribution in [2.24, 2.45) is 5.73 Å². The van der Waals surface area contributed by atoms with Crippen molar-refractivity contribution in [1.82, 2.24) is 4.31 Å². The highest BCUT2D eigenvalue weighted by atomic mass is 35.5. The highest BCUT2D eigenvalue weighted by Crippen LogP contribution is 2.33. The molecular formula is C12H16ClF3N2O2S. The van der Waals surface area contributed by atoms with Crippen LogP contribution < -0.4 is 5.73 Å². The van der Waals surface area contributed by atoms with Crippen molar-refractivity contribution in [3.8, 4) is 0 Å². The molecule has 0 aliphatic carbocycles. The average molecular weight is 345 g/mol. The molecule has 0 bridgehead atoms. The van der Waals surface area contributed by atoms with Gasteiger partial charge in [-0.2, -0.15) is 13.2 Å². The van der Waals surface area contributed by atoms with Crippen LogP contribution in [0.5, 0.6) is 0 Å². The number of nitrogens with two attached hydrogens (primary N) is 1. The molecule has 1 aromatic rings. The first-order chi connectivity index (χ1) is 9.20. The SMILES string of the molecule is Cl.N[C@H]1CCN(S(=O)(=O)Cc2ccccc2C(F)(F)F)C1. The molecule has 1 heterocycles. The van der Waals surface area contributed by atoms with Gasteiger partial charge in [0.25, 0.3) is 0 Å². The first-order valence-corrected chi connectivity index (χ1v) is 7.69. The zero-order valence-electron chi connectivity index (χ0n) is 11.0. The lowest BCUT2D eigenvalue weighted by Crippen LogP contribution is -2.33. The summed E-state index contributed by atoms with van der Waals surface area (Å²) in [7, 11) is -3.78. The summed E-state index contributed by atoms with van der Waals surface area (Å²) < 4.78 is 63.9. The van der Waals surface area contributed by atoms with Crippen LogP contribution in [0.1, 0.15) is 17.5 Å². The number of halogens is 4. The molecule has 1 aromatic carbocycles. The van der Waals surface area contributed by atoms with Crippen LogP contribution in [-0.4, -0.2) is 31.9 Å². The molecule has 120 valence electrons. The molecule has 0 radical (unpaired) electrons. The van der Waals surface area contributed by atoms with E-state index >= 15 is 0 Å². The summed E-state index contributed by atoms with van der Waals surface area (Å²) in [5.74, 6) is -0.657. The maximum Gasteiger partial charge on any atom is 0.416 e. The molecule has 4 nitrogen and oxygen atoms in total. The summed E-state index contributed by atoms with van der Waals surface area (Å²) in [6, 6.07) is 4.47. The van der Waals surface area contributed by atoms with Gasteiger partial charge in [0.05, 0.1) is 11.3 Å². The first-order valence-electron chi connectivity index (χ1n) is 6.08. The number of rotatable bonds is 3. The molecule has 1 aliphatic heterocycles. The summed E-state index contributed by atoms with van der Waals surface area (Å²) >= 11 is 0. The molecule has 0 saturated carbocycles. The van der Waals surface area contributed by atoms with Crippen molar-refractivity contribution in [2.45, 2.75) is 24.4 Å². The molecule has 21 heavy (non-hydrogen) atoms. The van der Waals surface area contributed by atoms with E-state index in [-0.39, 0.29) is 37.1 Å². The Hall–Kier alpha value is -0.830. The molecule has 1 saturated heterocycles. The van der Waals surface area contributed by atoms with Crippen LogP contribution in [0.15, 0.2) is 24.3 Å². The van der Waals surface area contributed by atoms with Crippen LogP contribution in [0.4, 0.5) is 13.2 Å². The van der Waals surface area contributed by atoms with E-state index in [1.807, 2.05) is 0 Å². The van der Waals surface area contributed by atoms with Crippen molar-refractivity contribution in [3.05, 3.63) is 35.4 Å². The number of hydrogen-bond acceptors (Lipinski definition) is 3. The average Bonchev–Trinajstić information content (AvgIpc) is 2.75. The van der Waals surface area contributed by atoms with Crippen LogP contribution in [-0.2, 0) is 22.0 Å². The second-order valence-corrected chi connectivity index (χ2v) is 6.79. The second-order valence-electron chi connectivity index (χ2n) is 4.82. The smallest absolute Gasteiger partial charge is 0.326 e. The summed E-state index contributed by atoms with van der Waals surface area (Å²) in [6.45, 7) is 0.425. The molecule has 2 N–H and O–H groups in total. The number of alkyl halides is 3. The van der Waals surface area contributed by atoms with Gasteiger partial charge in [-0.05, 0) is 18.1 Å². The van der Waals surface area contributed by atoms with Crippen LogP contribution in [0.3, 0.4) is 0 Å². The summed E-state index contributed by atoms with van der Waals surface area (Å²) in [6.07, 6.45) is -4.03. The fraction of sp³-hybridized carbons (Fsp3) is 0.500. The van der Waals surface area contributed by atoms with E-state index in [4.69, 9.17) is 5.73 Å². The number of sulfonamides is 1. The zero-order chi connectivity index (χ0) is 15.0. The van der Waals surface area contributed by atoms with Gasteiger partial charge in [-0.1, -0.05) is 18.2 Å². The molecule has 0 amide bonds. The predicted octanol–water partition coefficient (Wildman–Crippen LogP) is 1.99. The normalized spacial score (nSPS) is 20.3. The van der Waals surface area contributed by atoms with Crippen LogP contribution >= 0.6 is 12.4 Å². The largest absolute Gasteiger partial charge is 0.416 e. The number of hydrogen-bond donors (Lipinski definition) is 1. The summed E-state index contributed by atoms with van der Waals surface area (Å²) in [5.41, 5.74) is 4.48. The third-order valence-corrected chi connectivity index (χ3v) is 5.04. The first kappa shape index (κ1) is 18.2. The van der Waals surface area contributed by atoms with Crippen molar-refractivity contribution >= 4 is 22.4 Å². The van der Waals surface area contributed by atoms with Gasteiger partial charge >= 0.3 is 6.18 Å². The summed E-state index contributed by atoms with van der Waals surface area (Å²) in [4.78, 5) is 0. The van der Waals surface area contributed by atoms with Crippen LogP contribution in [0.25, 0.3) is 0 Å². The van der Waals surface area contributed by atoms with E-state index < -0.39 is 27.5 Å². The fourth-order valence-corrected chi connectivity index (χ4v) is 3.85. The van der Waals surface area contributed by atoms with E-state index in [0.717, 1.165) is 10.4 Å². The molecule has 1 fully saturated rings.